The predicted octanol–water partition coefficient (Wildman–Crippen LogP) is 1.43. The van der Waals surface area contributed by atoms with Gasteiger partial charge >= 0.3 is 0 Å². The number of rotatable bonds is 1. The van der Waals surface area contributed by atoms with Crippen molar-refractivity contribution >= 4 is 27.7 Å². The number of amides is 2. The Bertz CT molecular complexity index is 257. The fourth-order valence-electron chi connectivity index (χ4n) is 1.10. The number of hydrogen-bond acceptors (Lipinski definition) is 2. The largest absolute Gasteiger partial charge is 0.272 e. The third kappa shape index (κ3) is 1.20. The molecule has 0 N–H and O–H groups in total. The summed E-state index contributed by atoms with van der Waals surface area (Å²) in [6, 6.07) is -0.0741. The molecule has 0 aromatic heterocycles. The van der Waals surface area contributed by atoms with Crippen molar-refractivity contribution < 1.29 is 9.59 Å². The van der Waals surface area contributed by atoms with Crippen LogP contribution in [0.4, 0.5) is 0 Å². The van der Waals surface area contributed by atoms with Crippen LogP contribution < -0.4 is 0 Å². The maximum Gasteiger partial charge on any atom is 0.268 e. The molecule has 0 saturated heterocycles. The third-order valence-electron chi connectivity index (χ3n) is 1.79. The van der Waals surface area contributed by atoms with Crippen molar-refractivity contribution in [2.75, 3.05) is 0 Å². The van der Waals surface area contributed by atoms with Crippen molar-refractivity contribution in [3.8, 4) is 0 Å². The summed E-state index contributed by atoms with van der Waals surface area (Å²) in [4.78, 5) is 24.0. The summed E-state index contributed by atoms with van der Waals surface area (Å²) < 4.78 is 0.390. The van der Waals surface area contributed by atoms with E-state index < -0.39 is 0 Å². The van der Waals surface area contributed by atoms with E-state index in [-0.39, 0.29) is 17.9 Å². The molecule has 0 aromatic rings. The molecule has 0 aliphatic carbocycles. The maximum absolute atomic E-state index is 11.4. The maximum atomic E-state index is 11.4. The van der Waals surface area contributed by atoms with Gasteiger partial charge in [0.25, 0.3) is 11.8 Å². The Hall–Kier alpha value is -0.640. The monoisotopic (exact) mass is 231 g/mol. The van der Waals surface area contributed by atoms with Crippen molar-refractivity contribution in [3.05, 3.63) is 10.1 Å². The summed E-state index contributed by atoms with van der Waals surface area (Å²) in [5.74, 6) is -0.422. The molecule has 0 spiro atoms. The Morgan fingerprint density at radius 1 is 1.25 bits per heavy atom. The van der Waals surface area contributed by atoms with E-state index in [0.717, 1.165) is 0 Å². The second-order valence-electron chi connectivity index (χ2n) is 3.01. The van der Waals surface area contributed by atoms with E-state index in [9.17, 15) is 9.59 Å². The SMILES string of the molecule is CC1=C(Br)C(=O)N(C(C)C)C1=O. The molecule has 12 heavy (non-hydrogen) atoms. The molecule has 1 rings (SSSR count). The first-order valence-electron chi connectivity index (χ1n) is 3.71. The van der Waals surface area contributed by atoms with E-state index in [0.29, 0.717) is 10.1 Å². The smallest absolute Gasteiger partial charge is 0.268 e. The first-order chi connectivity index (χ1) is 5.46. The van der Waals surface area contributed by atoms with Crippen LogP contribution in [0.15, 0.2) is 10.1 Å². The zero-order chi connectivity index (χ0) is 9.46. The normalized spacial score (nSPS) is 18.6. The first kappa shape index (κ1) is 9.45. The van der Waals surface area contributed by atoms with Crippen LogP contribution in [-0.4, -0.2) is 22.8 Å². The van der Waals surface area contributed by atoms with Crippen LogP contribution in [-0.2, 0) is 9.59 Å². The zero-order valence-corrected chi connectivity index (χ0v) is 8.81. The average molecular weight is 232 g/mol. The molecule has 0 aromatic carbocycles. The molecule has 0 fully saturated rings. The van der Waals surface area contributed by atoms with Gasteiger partial charge in [-0.3, -0.25) is 14.5 Å². The van der Waals surface area contributed by atoms with Crippen molar-refractivity contribution in [2.45, 2.75) is 26.8 Å². The molecule has 1 aliphatic rings. The Kier molecular flexibility index (Phi) is 2.37. The molecule has 0 unspecified atom stereocenters. The molecular weight excluding hydrogens is 222 g/mol. The van der Waals surface area contributed by atoms with Gasteiger partial charge in [-0.15, -0.1) is 0 Å². The van der Waals surface area contributed by atoms with Crippen molar-refractivity contribution in [1.29, 1.82) is 0 Å². The standard InChI is InChI=1S/C8H10BrNO2/c1-4(2)10-7(11)5(3)6(9)8(10)12/h4H,1-3H3. The van der Waals surface area contributed by atoms with E-state index in [4.69, 9.17) is 0 Å². The first-order valence-corrected chi connectivity index (χ1v) is 4.50. The Labute approximate surface area is 79.5 Å². The van der Waals surface area contributed by atoms with Gasteiger partial charge in [0.2, 0.25) is 0 Å². The molecule has 1 heterocycles. The molecule has 0 saturated carbocycles. The molecule has 2 amide bonds. The molecule has 3 nitrogen and oxygen atoms in total. The van der Waals surface area contributed by atoms with Crippen molar-refractivity contribution in [1.82, 2.24) is 4.90 Å². The van der Waals surface area contributed by atoms with Crippen LogP contribution in [0.1, 0.15) is 20.8 Å². The molecule has 66 valence electrons. The van der Waals surface area contributed by atoms with Crippen LogP contribution in [0.25, 0.3) is 0 Å². The topological polar surface area (TPSA) is 37.4 Å². The molecule has 0 bridgehead atoms. The second kappa shape index (κ2) is 3.01. The van der Waals surface area contributed by atoms with Gasteiger partial charge in [0.1, 0.15) is 0 Å². The highest BCUT2D eigenvalue weighted by molar-refractivity contribution is 9.12. The van der Waals surface area contributed by atoms with Gasteiger partial charge in [0, 0.05) is 11.6 Å². The summed E-state index contributed by atoms with van der Waals surface area (Å²) in [5, 5.41) is 0. The number of imide groups is 1. The summed E-state index contributed by atoms with van der Waals surface area (Å²) in [7, 11) is 0. The Morgan fingerprint density at radius 3 is 1.92 bits per heavy atom. The highest BCUT2D eigenvalue weighted by Gasteiger charge is 2.35. The van der Waals surface area contributed by atoms with Gasteiger partial charge in [-0.05, 0) is 36.7 Å². The summed E-state index contributed by atoms with van der Waals surface area (Å²) >= 11 is 3.09. The van der Waals surface area contributed by atoms with E-state index in [1.165, 1.54) is 4.90 Å². The van der Waals surface area contributed by atoms with E-state index in [2.05, 4.69) is 15.9 Å². The Morgan fingerprint density at radius 2 is 1.75 bits per heavy atom. The Balaban J connectivity index is 3.04. The molecule has 1 aliphatic heterocycles. The van der Waals surface area contributed by atoms with Gasteiger partial charge in [-0.2, -0.15) is 0 Å². The van der Waals surface area contributed by atoms with Gasteiger partial charge in [0.05, 0.1) is 4.48 Å². The number of hydrogen-bond donors (Lipinski definition) is 0. The molecular formula is C8H10BrNO2. The lowest BCUT2D eigenvalue weighted by Crippen LogP contribution is -2.37. The van der Waals surface area contributed by atoms with Gasteiger partial charge in [0.15, 0.2) is 0 Å². The minimum absolute atomic E-state index is 0.0741. The second-order valence-corrected chi connectivity index (χ2v) is 3.81. The fraction of sp³-hybridized carbons (Fsp3) is 0.500. The summed E-state index contributed by atoms with van der Waals surface area (Å²) in [6.07, 6.45) is 0. The molecule has 0 radical (unpaired) electrons. The summed E-state index contributed by atoms with van der Waals surface area (Å²) in [6.45, 7) is 5.27. The quantitative estimate of drug-likeness (QED) is 0.641. The average Bonchev–Trinajstić information content (AvgIpc) is 2.16. The van der Waals surface area contributed by atoms with Crippen LogP contribution in [0.5, 0.6) is 0 Å². The fourth-order valence-corrected chi connectivity index (χ4v) is 1.46. The third-order valence-corrected chi connectivity index (χ3v) is 2.73. The minimum atomic E-state index is -0.229. The number of carbonyl (C=O) groups excluding carboxylic acids is 2. The van der Waals surface area contributed by atoms with Gasteiger partial charge in [-0.1, -0.05) is 0 Å². The van der Waals surface area contributed by atoms with E-state index in [1.807, 2.05) is 13.8 Å². The lowest BCUT2D eigenvalue weighted by atomic mass is 10.3. The molecule has 4 heteroatoms. The van der Waals surface area contributed by atoms with Crippen LogP contribution in [0.3, 0.4) is 0 Å². The van der Waals surface area contributed by atoms with Crippen molar-refractivity contribution in [2.24, 2.45) is 0 Å². The highest BCUT2D eigenvalue weighted by atomic mass is 79.9. The van der Waals surface area contributed by atoms with Crippen LogP contribution >= 0.6 is 15.9 Å². The van der Waals surface area contributed by atoms with Gasteiger partial charge in [-0.25, -0.2) is 0 Å². The number of halogens is 1. The van der Waals surface area contributed by atoms with Crippen molar-refractivity contribution in [3.63, 3.8) is 0 Å². The van der Waals surface area contributed by atoms with E-state index >= 15 is 0 Å². The molecule has 0 atom stereocenters. The number of nitrogens with zero attached hydrogens (tertiary/aromatic N) is 1. The van der Waals surface area contributed by atoms with E-state index in [1.54, 1.807) is 6.92 Å². The lowest BCUT2D eigenvalue weighted by Gasteiger charge is -2.18. The zero-order valence-electron chi connectivity index (χ0n) is 7.22. The summed E-state index contributed by atoms with van der Waals surface area (Å²) in [5.41, 5.74) is 0.494. The highest BCUT2D eigenvalue weighted by Crippen LogP contribution is 2.26. The lowest BCUT2D eigenvalue weighted by molar-refractivity contribution is -0.139. The van der Waals surface area contributed by atoms with Crippen LogP contribution in [0.2, 0.25) is 0 Å². The van der Waals surface area contributed by atoms with Crippen LogP contribution in [0, 0.1) is 0 Å². The minimum Gasteiger partial charge on any atom is -0.272 e. The number of carbonyl (C=O) groups is 2. The predicted molar refractivity (Wildman–Crippen MR) is 48.6 cm³/mol. The van der Waals surface area contributed by atoms with Gasteiger partial charge < -0.3 is 0 Å².